The van der Waals surface area contributed by atoms with Gasteiger partial charge in [0.2, 0.25) is 6.79 Å². The van der Waals surface area contributed by atoms with Crippen LogP contribution in [-0.4, -0.2) is 25.9 Å². The van der Waals surface area contributed by atoms with E-state index in [4.69, 9.17) is 14.2 Å². The van der Waals surface area contributed by atoms with Crippen LogP contribution in [0.5, 0.6) is 17.2 Å². The lowest BCUT2D eigenvalue weighted by molar-refractivity contribution is -0.126. The van der Waals surface area contributed by atoms with Crippen molar-refractivity contribution in [2.45, 2.75) is 13.0 Å². The molecule has 1 aliphatic rings. The van der Waals surface area contributed by atoms with Gasteiger partial charge in [-0.05, 0) is 19.1 Å². The van der Waals surface area contributed by atoms with Crippen molar-refractivity contribution in [3.8, 4) is 17.2 Å². The standard InChI is InChI=1S/C11H13NO4/c1-7(11(13)12-2)16-8-3-4-9-10(5-8)15-6-14-9/h3-5,7H,6H2,1-2H3,(H,12,13)/t7-/m0/s1. The predicted octanol–water partition coefficient (Wildman–Crippen LogP) is 0.929. The smallest absolute Gasteiger partial charge is 0.260 e. The molecule has 0 aliphatic carbocycles. The summed E-state index contributed by atoms with van der Waals surface area (Å²) in [6.07, 6.45) is -0.537. The molecule has 0 saturated heterocycles. The van der Waals surface area contributed by atoms with Crippen LogP contribution in [0.15, 0.2) is 18.2 Å². The van der Waals surface area contributed by atoms with Gasteiger partial charge in [-0.15, -0.1) is 0 Å². The van der Waals surface area contributed by atoms with Crippen LogP contribution in [0.3, 0.4) is 0 Å². The fourth-order valence-corrected chi connectivity index (χ4v) is 1.41. The van der Waals surface area contributed by atoms with E-state index in [1.165, 1.54) is 0 Å². The molecule has 1 N–H and O–H groups in total. The summed E-state index contributed by atoms with van der Waals surface area (Å²) in [5.74, 6) is 1.75. The summed E-state index contributed by atoms with van der Waals surface area (Å²) >= 11 is 0. The molecule has 86 valence electrons. The summed E-state index contributed by atoms with van der Waals surface area (Å²) in [5, 5.41) is 2.52. The van der Waals surface area contributed by atoms with Gasteiger partial charge in [-0.3, -0.25) is 4.79 Å². The molecule has 1 heterocycles. The van der Waals surface area contributed by atoms with Crippen LogP contribution in [0.2, 0.25) is 0 Å². The van der Waals surface area contributed by atoms with Crippen molar-refractivity contribution in [1.29, 1.82) is 0 Å². The summed E-state index contributed by atoms with van der Waals surface area (Å²) in [4.78, 5) is 11.3. The maximum atomic E-state index is 11.3. The second-order valence-electron chi connectivity index (χ2n) is 3.39. The Hall–Kier alpha value is -1.91. The van der Waals surface area contributed by atoms with Crippen LogP contribution in [0.1, 0.15) is 6.92 Å². The first kappa shape index (κ1) is 10.6. The summed E-state index contributed by atoms with van der Waals surface area (Å²) in [7, 11) is 1.57. The van der Waals surface area contributed by atoms with Gasteiger partial charge in [-0.2, -0.15) is 0 Å². The van der Waals surface area contributed by atoms with E-state index in [0.717, 1.165) is 0 Å². The van der Waals surface area contributed by atoms with Crippen LogP contribution in [-0.2, 0) is 4.79 Å². The minimum absolute atomic E-state index is 0.169. The van der Waals surface area contributed by atoms with Crippen molar-refractivity contribution in [2.24, 2.45) is 0 Å². The van der Waals surface area contributed by atoms with Crippen molar-refractivity contribution < 1.29 is 19.0 Å². The monoisotopic (exact) mass is 223 g/mol. The number of likely N-dealkylation sites (N-methyl/N-ethyl adjacent to an activating group) is 1. The van der Waals surface area contributed by atoms with Crippen LogP contribution in [0.4, 0.5) is 0 Å². The third-order valence-corrected chi connectivity index (χ3v) is 2.27. The molecule has 0 bridgehead atoms. The number of rotatable bonds is 3. The predicted molar refractivity (Wildman–Crippen MR) is 56.7 cm³/mol. The summed E-state index contributed by atoms with van der Waals surface area (Å²) < 4.78 is 15.8. The fraction of sp³-hybridized carbons (Fsp3) is 0.364. The Morgan fingerprint density at radius 1 is 1.44 bits per heavy atom. The Bertz CT molecular complexity index is 405. The Kier molecular flexibility index (Phi) is 2.85. The lowest BCUT2D eigenvalue weighted by Gasteiger charge is -2.13. The minimum atomic E-state index is -0.537. The van der Waals surface area contributed by atoms with Crippen LogP contribution < -0.4 is 19.5 Å². The number of ether oxygens (including phenoxy) is 3. The number of hydrogen-bond donors (Lipinski definition) is 1. The lowest BCUT2D eigenvalue weighted by Crippen LogP contribution is -2.33. The van der Waals surface area contributed by atoms with Crippen molar-refractivity contribution in [3.63, 3.8) is 0 Å². The molecule has 0 saturated carbocycles. The molecule has 5 nitrogen and oxygen atoms in total. The number of fused-ring (bicyclic) bond motifs is 1. The zero-order valence-electron chi connectivity index (χ0n) is 9.15. The molecule has 16 heavy (non-hydrogen) atoms. The second-order valence-corrected chi connectivity index (χ2v) is 3.39. The number of carbonyl (C=O) groups is 1. The number of nitrogens with one attached hydrogen (secondary N) is 1. The third kappa shape index (κ3) is 2.03. The molecule has 2 rings (SSSR count). The van der Waals surface area contributed by atoms with Gasteiger partial charge in [0.15, 0.2) is 17.6 Å². The summed E-state index contributed by atoms with van der Waals surface area (Å²) in [6.45, 7) is 1.91. The van der Waals surface area contributed by atoms with E-state index in [1.807, 2.05) is 0 Å². The first-order chi connectivity index (χ1) is 7.70. The Balaban J connectivity index is 2.08. The maximum Gasteiger partial charge on any atom is 0.260 e. The normalized spacial score (nSPS) is 14.4. The van der Waals surface area contributed by atoms with Gasteiger partial charge >= 0.3 is 0 Å². The van der Waals surface area contributed by atoms with Gasteiger partial charge in [0, 0.05) is 13.1 Å². The zero-order valence-corrected chi connectivity index (χ0v) is 9.15. The molecule has 1 aromatic carbocycles. The van der Waals surface area contributed by atoms with Gasteiger partial charge in [0.25, 0.3) is 5.91 Å². The summed E-state index contributed by atoms with van der Waals surface area (Å²) in [5.41, 5.74) is 0. The molecule has 1 atom stereocenters. The highest BCUT2D eigenvalue weighted by atomic mass is 16.7. The van der Waals surface area contributed by atoms with Crippen LogP contribution in [0.25, 0.3) is 0 Å². The molecule has 0 fully saturated rings. The highest BCUT2D eigenvalue weighted by molar-refractivity contribution is 5.80. The van der Waals surface area contributed by atoms with Crippen LogP contribution >= 0.6 is 0 Å². The van der Waals surface area contributed by atoms with Gasteiger partial charge < -0.3 is 19.5 Å². The molecule has 1 aromatic rings. The van der Waals surface area contributed by atoms with E-state index in [-0.39, 0.29) is 12.7 Å². The van der Waals surface area contributed by atoms with Crippen LogP contribution in [0, 0.1) is 0 Å². The SMILES string of the molecule is CNC(=O)[C@H](C)Oc1ccc2c(c1)OCO2. The van der Waals surface area contributed by atoms with E-state index in [2.05, 4.69) is 5.32 Å². The van der Waals surface area contributed by atoms with Crippen molar-refractivity contribution in [3.05, 3.63) is 18.2 Å². The molecule has 0 spiro atoms. The first-order valence-electron chi connectivity index (χ1n) is 4.98. The van der Waals surface area contributed by atoms with E-state index >= 15 is 0 Å². The molecule has 0 aromatic heterocycles. The van der Waals surface area contributed by atoms with Gasteiger partial charge in [-0.25, -0.2) is 0 Å². The highest BCUT2D eigenvalue weighted by Gasteiger charge is 2.17. The van der Waals surface area contributed by atoms with E-state index in [1.54, 1.807) is 32.2 Å². The van der Waals surface area contributed by atoms with Gasteiger partial charge in [-0.1, -0.05) is 0 Å². The Labute approximate surface area is 93.3 Å². The summed E-state index contributed by atoms with van der Waals surface area (Å²) in [6, 6.07) is 5.21. The second kappa shape index (κ2) is 4.30. The molecule has 1 amide bonds. The van der Waals surface area contributed by atoms with Crippen molar-refractivity contribution in [2.75, 3.05) is 13.8 Å². The Morgan fingerprint density at radius 3 is 2.94 bits per heavy atom. The molecule has 0 unspecified atom stereocenters. The topological polar surface area (TPSA) is 56.8 Å². The third-order valence-electron chi connectivity index (χ3n) is 2.27. The molecule has 5 heteroatoms. The number of carbonyl (C=O) groups excluding carboxylic acids is 1. The number of amides is 1. The van der Waals surface area contributed by atoms with Gasteiger partial charge in [0.1, 0.15) is 5.75 Å². The molecule has 0 radical (unpaired) electrons. The van der Waals surface area contributed by atoms with Crippen molar-refractivity contribution >= 4 is 5.91 Å². The van der Waals surface area contributed by atoms with E-state index in [0.29, 0.717) is 17.2 Å². The highest BCUT2D eigenvalue weighted by Crippen LogP contribution is 2.35. The number of benzene rings is 1. The minimum Gasteiger partial charge on any atom is -0.481 e. The molecular formula is C11H13NO4. The molecule has 1 aliphatic heterocycles. The maximum absolute atomic E-state index is 11.3. The molecular weight excluding hydrogens is 210 g/mol. The zero-order chi connectivity index (χ0) is 11.5. The van der Waals surface area contributed by atoms with Crippen molar-refractivity contribution in [1.82, 2.24) is 5.32 Å². The Morgan fingerprint density at radius 2 is 2.19 bits per heavy atom. The average molecular weight is 223 g/mol. The number of hydrogen-bond acceptors (Lipinski definition) is 4. The largest absolute Gasteiger partial charge is 0.481 e. The first-order valence-corrected chi connectivity index (χ1v) is 4.98. The fourth-order valence-electron chi connectivity index (χ4n) is 1.41. The van der Waals surface area contributed by atoms with Gasteiger partial charge in [0.05, 0.1) is 0 Å². The van der Waals surface area contributed by atoms with E-state index in [9.17, 15) is 4.79 Å². The average Bonchev–Trinajstić information content (AvgIpc) is 2.75. The van der Waals surface area contributed by atoms with E-state index < -0.39 is 6.10 Å². The quantitative estimate of drug-likeness (QED) is 0.828. The lowest BCUT2D eigenvalue weighted by atomic mass is 10.3.